The van der Waals surface area contributed by atoms with Crippen LogP contribution < -0.4 is 0 Å². The molecule has 2 atom stereocenters. The molecule has 7 heteroatoms. The number of methoxy groups -OCH3 is 1. The molecule has 6 nitrogen and oxygen atoms in total. The van der Waals surface area contributed by atoms with Crippen molar-refractivity contribution in [1.29, 1.82) is 0 Å². The van der Waals surface area contributed by atoms with E-state index in [0.717, 1.165) is 31.7 Å². The molecule has 0 amide bonds. The maximum atomic E-state index is 11.6. The van der Waals surface area contributed by atoms with E-state index in [1.54, 1.807) is 12.1 Å². The average Bonchev–Trinajstić information content (AvgIpc) is 2.70. The Kier molecular flexibility index (Phi) is 6.95. The Morgan fingerprint density at radius 1 is 0.933 bits per heavy atom. The summed E-state index contributed by atoms with van der Waals surface area (Å²) in [6, 6.07) is 15.5. The van der Waals surface area contributed by atoms with Crippen LogP contribution in [0, 0.1) is 0 Å². The van der Waals surface area contributed by atoms with E-state index in [2.05, 4.69) is 23.6 Å². The van der Waals surface area contributed by atoms with Gasteiger partial charge in [0.05, 0.1) is 17.6 Å². The van der Waals surface area contributed by atoms with Crippen LogP contribution in [-0.2, 0) is 27.7 Å². The van der Waals surface area contributed by atoms with Crippen LogP contribution in [0.5, 0.6) is 0 Å². The standard InChI is InChI=1S/C23H30N2O4S/c1-17-13-24(15-19-7-11-22(12-8-19)30(4,27)28)14-18(2)25(17)16-20-5-9-21(10-6-20)23(26)29-3/h5-12,17-18H,13-16H2,1-4H3/t17-,18+. The summed E-state index contributed by atoms with van der Waals surface area (Å²) < 4.78 is 28.0. The fraction of sp³-hybridized carbons (Fsp3) is 0.435. The second kappa shape index (κ2) is 9.29. The molecule has 0 bridgehead atoms. The van der Waals surface area contributed by atoms with Gasteiger partial charge < -0.3 is 4.74 Å². The fourth-order valence-corrected chi connectivity index (χ4v) is 4.71. The minimum Gasteiger partial charge on any atom is -0.465 e. The summed E-state index contributed by atoms with van der Waals surface area (Å²) in [5, 5.41) is 0. The van der Waals surface area contributed by atoms with E-state index in [9.17, 15) is 13.2 Å². The first-order valence-electron chi connectivity index (χ1n) is 10.1. The van der Waals surface area contributed by atoms with Gasteiger partial charge in [-0.25, -0.2) is 13.2 Å². The lowest BCUT2D eigenvalue weighted by Gasteiger charge is -2.44. The van der Waals surface area contributed by atoms with E-state index >= 15 is 0 Å². The molecule has 2 aromatic carbocycles. The first-order chi connectivity index (χ1) is 14.2. The average molecular weight is 431 g/mol. The SMILES string of the molecule is COC(=O)c1ccc(CN2[C@H](C)CN(Cc3ccc(S(C)(=O)=O)cc3)C[C@@H]2C)cc1. The molecule has 2 aromatic rings. The van der Waals surface area contributed by atoms with Gasteiger partial charge in [0.1, 0.15) is 0 Å². The van der Waals surface area contributed by atoms with E-state index in [-0.39, 0.29) is 5.97 Å². The van der Waals surface area contributed by atoms with Crippen molar-refractivity contribution in [1.82, 2.24) is 9.80 Å². The normalized spacial score (nSPS) is 20.8. The number of hydrogen-bond acceptors (Lipinski definition) is 6. The van der Waals surface area contributed by atoms with Crippen molar-refractivity contribution in [3.8, 4) is 0 Å². The Labute approximate surface area is 179 Å². The molecule has 0 aliphatic carbocycles. The molecule has 0 unspecified atom stereocenters. The number of sulfone groups is 1. The monoisotopic (exact) mass is 430 g/mol. The third-order valence-electron chi connectivity index (χ3n) is 5.68. The highest BCUT2D eigenvalue weighted by Gasteiger charge is 2.29. The Hall–Kier alpha value is -2.22. The first kappa shape index (κ1) is 22.5. The van der Waals surface area contributed by atoms with Gasteiger partial charge in [-0.3, -0.25) is 9.80 Å². The van der Waals surface area contributed by atoms with E-state index in [0.29, 0.717) is 22.5 Å². The molecule has 0 aromatic heterocycles. The predicted octanol–water partition coefficient (Wildman–Crippen LogP) is 2.97. The number of hydrogen-bond donors (Lipinski definition) is 0. The maximum absolute atomic E-state index is 11.6. The summed E-state index contributed by atoms with van der Waals surface area (Å²) in [6.07, 6.45) is 1.23. The van der Waals surface area contributed by atoms with Crippen LogP contribution in [0.25, 0.3) is 0 Å². The van der Waals surface area contributed by atoms with Gasteiger partial charge in [-0.2, -0.15) is 0 Å². The van der Waals surface area contributed by atoms with Gasteiger partial charge in [-0.05, 0) is 49.2 Å². The lowest BCUT2D eigenvalue weighted by atomic mass is 10.0. The van der Waals surface area contributed by atoms with Gasteiger partial charge in [0.15, 0.2) is 9.84 Å². The van der Waals surface area contributed by atoms with Crippen molar-refractivity contribution in [2.24, 2.45) is 0 Å². The van der Waals surface area contributed by atoms with Gasteiger partial charge in [0, 0.05) is 44.5 Å². The van der Waals surface area contributed by atoms with E-state index < -0.39 is 9.84 Å². The largest absolute Gasteiger partial charge is 0.465 e. The number of carbonyl (C=O) groups excluding carboxylic acids is 1. The molecule has 30 heavy (non-hydrogen) atoms. The van der Waals surface area contributed by atoms with Crippen molar-refractivity contribution < 1.29 is 17.9 Å². The zero-order valence-electron chi connectivity index (χ0n) is 18.0. The minimum atomic E-state index is -3.16. The predicted molar refractivity (Wildman–Crippen MR) is 117 cm³/mol. The van der Waals surface area contributed by atoms with Crippen LogP contribution in [0.1, 0.15) is 35.3 Å². The summed E-state index contributed by atoms with van der Waals surface area (Å²) in [5.74, 6) is -0.318. The van der Waals surface area contributed by atoms with Gasteiger partial charge in [-0.1, -0.05) is 24.3 Å². The Bertz CT molecular complexity index is 959. The minimum absolute atomic E-state index is 0.318. The number of rotatable bonds is 6. The molecular weight excluding hydrogens is 400 g/mol. The van der Waals surface area contributed by atoms with Crippen LogP contribution >= 0.6 is 0 Å². The van der Waals surface area contributed by atoms with Gasteiger partial charge in [0.25, 0.3) is 0 Å². The number of carbonyl (C=O) groups is 1. The number of ether oxygens (including phenoxy) is 1. The molecule has 0 N–H and O–H groups in total. The molecule has 162 valence electrons. The van der Waals surface area contributed by atoms with Gasteiger partial charge in [-0.15, -0.1) is 0 Å². The topological polar surface area (TPSA) is 66.9 Å². The van der Waals surface area contributed by atoms with Crippen molar-refractivity contribution in [2.75, 3.05) is 26.5 Å². The second-order valence-corrected chi connectivity index (χ2v) is 10.2. The Morgan fingerprint density at radius 3 is 1.93 bits per heavy atom. The summed E-state index contributed by atoms with van der Waals surface area (Å²) in [5.41, 5.74) is 2.86. The lowest BCUT2D eigenvalue weighted by Crippen LogP contribution is -2.55. The fourth-order valence-electron chi connectivity index (χ4n) is 4.08. The molecule has 0 spiro atoms. The summed E-state index contributed by atoms with van der Waals surface area (Å²) in [4.78, 5) is 16.9. The molecule has 1 aliphatic rings. The zero-order valence-corrected chi connectivity index (χ0v) is 18.9. The van der Waals surface area contributed by atoms with Crippen molar-refractivity contribution in [3.05, 3.63) is 65.2 Å². The van der Waals surface area contributed by atoms with E-state index in [1.165, 1.54) is 18.9 Å². The summed E-state index contributed by atoms with van der Waals surface area (Å²) >= 11 is 0. The van der Waals surface area contributed by atoms with Crippen molar-refractivity contribution in [2.45, 2.75) is 43.9 Å². The summed E-state index contributed by atoms with van der Waals surface area (Å²) in [7, 11) is -1.77. The number of nitrogens with zero attached hydrogens (tertiary/aromatic N) is 2. The first-order valence-corrected chi connectivity index (χ1v) is 12.0. The van der Waals surface area contributed by atoms with Crippen LogP contribution in [0.2, 0.25) is 0 Å². The van der Waals surface area contributed by atoms with Gasteiger partial charge in [0.2, 0.25) is 0 Å². The van der Waals surface area contributed by atoms with E-state index in [4.69, 9.17) is 4.74 Å². The molecule has 3 rings (SSSR count). The number of esters is 1. The Balaban J connectivity index is 1.60. The molecule has 1 saturated heterocycles. The van der Waals surface area contributed by atoms with Crippen LogP contribution in [0.4, 0.5) is 0 Å². The second-order valence-electron chi connectivity index (χ2n) is 8.17. The van der Waals surface area contributed by atoms with Crippen LogP contribution in [0.3, 0.4) is 0 Å². The van der Waals surface area contributed by atoms with E-state index in [1.807, 2.05) is 36.4 Å². The lowest BCUT2D eigenvalue weighted by molar-refractivity contribution is 0.0290. The van der Waals surface area contributed by atoms with Crippen molar-refractivity contribution in [3.63, 3.8) is 0 Å². The number of piperazine rings is 1. The van der Waals surface area contributed by atoms with Crippen molar-refractivity contribution >= 4 is 15.8 Å². The van der Waals surface area contributed by atoms with Crippen LogP contribution in [-0.4, -0.2) is 62.7 Å². The van der Waals surface area contributed by atoms with Crippen LogP contribution in [0.15, 0.2) is 53.4 Å². The summed E-state index contributed by atoms with van der Waals surface area (Å²) in [6.45, 7) is 7.99. The molecule has 1 aliphatic heterocycles. The number of benzene rings is 2. The third kappa shape index (κ3) is 5.47. The van der Waals surface area contributed by atoms with Gasteiger partial charge >= 0.3 is 5.97 Å². The highest BCUT2D eigenvalue weighted by molar-refractivity contribution is 7.90. The third-order valence-corrected chi connectivity index (χ3v) is 6.80. The highest BCUT2D eigenvalue weighted by atomic mass is 32.2. The zero-order chi connectivity index (χ0) is 21.9. The smallest absolute Gasteiger partial charge is 0.337 e. The highest BCUT2D eigenvalue weighted by Crippen LogP contribution is 2.21. The maximum Gasteiger partial charge on any atom is 0.337 e. The molecular formula is C23H30N2O4S. The quantitative estimate of drug-likeness (QED) is 0.657. The molecule has 0 saturated carbocycles. The molecule has 1 fully saturated rings. The molecule has 0 radical (unpaired) electrons. The molecule has 1 heterocycles. The Morgan fingerprint density at radius 2 is 1.43 bits per heavy atom.